The molecular weight excluding hydrogens is 380 g/mol. The van der Waals surface area contributed by atoms with Gasteiger partial charge in [-0.1, -0.05) is 53.3 Å². The number of benzene rings is 3. The average Bonchev–Trinajstić information content (AvgIpc) is 3.09. The summed E-state index contributed by atoms with van der Waals surface area (Å²) >= 11 is 7.38. The molecule has 1 aromatic heterocycles. The molecule has 0 aliphatic rings. The number of aromatic nitrogens is 1. The number of anilines is 1. The zero-order valence-corrected chi connectivity index (χ0v) is 15.8. The second kappa shape index (κ2) is 7.78. The third-order valence-electron chi connectivity index (χ3n) is 3.94. The van der Waals surface area contributed by atoms with E-state index in [9.17, 15) is 4.79 Å². The molecule has 0 atom stereocenters. The fourth-order valence-corrected chi connectivity index (χ4v) is 3.70. The molecule has 27 heavy (non-hydrogen) atoms. The summed E-state index contributed by atoms with van der Waals surface area (Å²) in [5, 5.41) is 4.02. The van der Waals surface area contributed by atoms with Gasteiger partial charge >= 0.3 is 0 Å². The number of carbonyl (C=O) groups excluding carboxylic acids is 1. The number of hydrogen-bond donors (Lipinski definition) is 1. The van der Waals surface area contributed by atoms with Crippen molar-refractivity contribution in [2.75, 3.05) is 5.32 Å². The standard InChI is InChI=1S/C21H15ClN2O2S/c22-16-8-11-18-19(12-16)27-21(23-18)24-20(25)15-6-9-17(10-7-15)26-13-14-4-2-1-3-5-14/h1-12H,13H2,(H,23,24,25). The van der Waals surface area contributed by atoms with E-state index in [1.54, 1.807) is 30.3 Å². The van der Waals surface area contributed by atoms with Crippen LogP contribution in [0.1, 0.15) is 15.9 Å². The monoisotopic (exact) mass is 394 g/mol. The van der Waals surface area contributed by atoms with Crippen molar-refractivity contribution in [3.8, 4) is 5.75 Å². The number of halogens is 1. The highest BCUT2D eigenvalue weighted by Gasteiger charge is 2.10. The molecule has 0 spiro atoms. The molecule has 1 N–H and O–H groups in total. The Hall–Kier alpha value is -2.89. The normalized spacial score (nSPS) is 10.7. The summed E-state index contributed by atoms with van der Waals surface area (Å²) in [5.41, 5.74) is 2.44. The highest BCUT2D eigenvalue weighted by Crippen LogP contribution is 2.28. The molecule has 0 unspecified atom stereocenters. The second-order valence-electron chi connectivity index (χ2n) is 5.88. The number of hydrogen-bond acceptors (Lipinski definition) is 4. The van der Waals surface area contributed by atoms with Crippen molar-refractivity contribution in [3.63, 3.8) is 0 Å². The maximum absolute atomic E-state index is 12.4. The van der Waals surface area contributed by atoms with Gasteiger partial charge < -0.3 is 4.74 Å². The number of amides is 1. The summed E-state index contributed by atoms with van der Waals surface area (Å²) in [4.78, 5) is 16.8. The molecule has 0 saturated heterocycles. The maximum Gasteiger partial charge on any atom is 0.257 e. The fourth-order valence-electron chi connectivity index (χ4n) is 2.56. The minimum absolute atomic E-state index is 0.213. The van der Waals surface area contributed by atoms with Gasteiger partial charge in [-0.2, -0.15) is 0 Å². The summed E-state index contributed by atoms with van der Waals surface area (Å²) < 4.78 is 6.67. The Bertz CT molecular complexity index is 1080. The van der Waals surface area contributed by atoms with Crippen molar-refractivity contribution in [1.29, 1.82) is 0 Å². The van der Waals surface area contributed by atoms with Gasteiger partial charge in [-0.25, -0.2) is 4.98 Å². The van der Waals surface area contributed by atoms with Gasteiger partial charge in [0.1, 0.15) is 12.4 Å². The molecule has 3 aromatic carbocycles. The summed E-state index contributed by atoms with van der Waals surface area (Å²) in [6.45, 7) is 0.487. The molecule has 0 radical (unpaired) electrons. The van der Waals surface area contributed by atoms with Crippen molar-refractivity contribution < 1.29 is 9.53 Å². The highest BCUT2D eigenvalue weighted by molar-refractivity contribution is 7.22. The van der Waals surface area contributed by atoms with Gasteiger partial charge in [-0.05, 0) is 48.0 Å². The van der Waals surface area contributed by atoms with Gasteiger partial charge in [0.2, 0.25) is 0 Å². The zero-order valence-electron chi connectivity index (χ0n) is 14.2. The van der Waals surface area contributed by atoms with E-state index in [2.05, 4.69) is 10.3 Å². The minimum Gasteiger partial charge on any atom is -0.489 e. The van der Waals surface area contributed by atoms with Crippen molar-refractivity contribution in [3.05, 3.63) is 88.9 Å². The Labute approximate surface area is 165 Å². The van der Waals surface area contributed by atoms with E-state index in [1.165, 1.54) is 11.3 Å². The van der Waals surface area contributed by atoms with E-state index in [-0.39, 0.29) is 5.91 Å². The Morgan fingerprint density at radius 1 is 1.04 bits per heavy atom. The number of rotatable bonds is 5. The lowest BCUT2D eigenvalue weighted by atomic mass is 10.2. The van der Waals surface area contributed by atoms with Gasteiger partial charge in [0.05, 0.1) is 10.2 Å². The van der Waals surface area contributed by atoms with E-state index in [1.807, 2.05) is 42.5 Å². The van der Waals surface area contributed by atoms with E-state index >= 15 is 0 Å². The topological polar surface area (TPSA) is 51.2 Å². The molecule has 0 aliphatic carbocycles. The molecule has 4 rings (SSSR count). The van der Waals surface area contributed by atoms with Crippen LogP contribution in [0.2, 0.25) is 5.02 Å². The van der Waals surface area contributed by atoms with Crippen LogP contribution in [0.15, 0.2) is 72.8 Å². The third kappa shape index (κ3) is 4.27. The molecule has 4 nitrogen and oxygen atoms in total. The van der Waals surface area contributed by atoms with Gasteiger partial charge in [0.15, 0.2) is 5.13 Å². The first-order valence-electron chi connectivity index (χ1n) is 8.32. The number of nitrogens with one attached hydrogen (secondary N) is 1. The SMILES string of the molecule is O=C(Nc1nc2ccc(Cl)cc2s1)c1ccc(OCc2ccccc2)cc1. The Kier molecular flexibility index (Phi) is 5.05. The quantitative estimate of drug-likeness (QED) is 0.466. The molecule has 4 aromatic rings. The van der Waals surface area contributed by atoms with Gasteiger partial charge in [0, 0.05) is 10.6 Å². The molecular formula is C21H15ClN2O2S. The van der Waals surface area contributed by atoms with Crippen molar-refractivity contribution in [2.24, 2.45) is 0 Å². The van der Waals surface area contributed by atoms with Crippen LogP contribution in [0, 0.1) is 0 Å². The van der Waals surface area contributed by atoms with Crippen LogP contribution in [-0.2, 0) is 6.61 Å². The van der Waals surface area contributed by atoms with Crippen LogP contribution in [0.4, 0.5) is 5.13 Å². The number of fused-ring (bicyclic) bond motifs is 1. The Balaban J connectivity index is 1.41. The van der Waals surface area contributed by atoms with Gasteiger partial charge in [0.25, 0.3) is 5.91 Å². The third-order valence-corrected chi connectivity index (χ3v) is 5.10. The number of nitrogens with zero attached hydrogens (tertiary/aromatic N) is 1. The van der Waals surface area contributed by atoms with Crippen LogP contribution in [0.25, 0.3) is 10.2 Å². The summed E-state index contributed by atoms with van der Waals surface area (Å²) in [6, 6.07) is 22.4. The minimum atomic E-state index is -0.213. The Morgan fingerprint density at radius 3 is 2.59 bits per heavy atom. The molecule has 0 aliphatic heterocycles. The molecule has 0 fully saturated rings. The van der Waals surface area contributed by atoms with Gasteiger partial charge in [-0.15, -0.1) is 0 Å². The number of ether oxygens (including phenoxy) is 1. The fraction of sp³-hybridized carbons (Fsp3) is 0.0476. The van der Waals surface area contributed by atoms with E-state index in [0.29, 0.717) is 28.1 Å². The van der Waals surface area contributed by atoms with Crippen molar-refractivity contribution in [1.82, 2.24) is 4.98 Å². The number of carbonyl (C=O) groups is 1. The van der Waals surface area contributed by atoms with E-state index < -0.39 is 0 Å². The largest absolute Gasteiger partial charge is 0.489 e. The van der Waals surface area contributed by atoms with Crippen LogP contribution in [-0.4, -0.2) is 10.9 Å². The predicted octanol–water partition coefficient (Wildman–Crippen LogP) is 5.78. The lowest BCUT2D eigenvalue weighted by Crippen LogP contribution is -2.11. The Morgan fingerprint density at radius 2 is 1.81 bits per heavy atom. The molecule has 0 bridgehead atoms. The average molecular weight is 395 g/mol. The van der Waals surface area contributed by atoms with Crippen molar-refractivity contribution in [2.45, 2.75) is 6.61 Å². The lowest BCUT2D eigenvalue weighted by Gasteiger charge is -2.07. The predicted molar refractivity (Wildman–Crippen MR) is 110 cm³/mol. The molecule has 1 amide bonds. The number of thiazole rings is 1. The second-order valence-corrected chi connectivity index (χ2v) is 7.35. The summed E-state index contributed by atoms with van der Waals surface area (Å²) in [5.74, 6) is 0.500. The van der Waals surface area contributed by atoms with E-state index in [4.69, 9.17) is 16.3 Å². The van der Waals surface area contributed by atoms with Crippen LogP contribution in [0.3, 0.4) is 0 Å². The smallest absolute Gasteiger partial charge is 0.257 e. The molecule has 134 valence electrons. The van der Waals surface area contributed by atoms with Gasteiger partial charge in [-0.3, -0.25) is 10.1 Å². The van der Waals surface area contributed by atoms with Crippen LogP contribution < -0.4 is 10.1 Å². The first kappa shape index (κ1) is 17.5. The van der Waals surface area contributed by atoms with Crippen molar-refractivity contribution >= 4 is 44.2 Å². The maximum atomic E-state index is 12.4. The molecule has 0 saturated carbocycles. The summed E-state index contributed by atoms with van der Waals surface area (Å²) in [6.07, 6.45) is 0. The van der Waals surface area contributed by atoms with Crippen LogP contribution >= 0.6 is 22.9 Å². The highest BCUT2D eigenvalue weighted by atomic mass is 35.5. The molecule has 1 heterocycles. The van der Waals surface area contributed by atoms with Crippen LogP contribution in [0.5, 0.6) is 5.75 Å². The first-order valence-corrected chi connectivity index (χ1v) is 9.51. The van der Waals surface area contributed by atoms with E-state index in [0.717, 1.165) is 15.8 Å². The summed E-state index contributed by atoms with van der Waals surface area (Å²) in [7, 11) is 0. The molecule has 6 heteroatoms. The zero-order chi connectivity index (χ0) is 18.6. The lowest BCUT2D eigenvalue weighted by molar-refractivity contribution is 0.102. The first-order chi connectivity index (χ1) is 13.2.